The minimum atomic E-state index is -0.498. The highest BCUT2D eigenvalue weighted by atomic mass is 127. The second-order valence-electron chi connectivity index (χ2n) is 4.38. The standard InChI is InChI=1S/C11H12Br2INO2/c1-11(2,3)17-10(16)15-6-4-7(12)9(14)8(13)5-6/h4-5H,1-3H3,(H,15,16). The zero-order valence-corrected chi connectivity index (χ0v) is 14.9. The molecule has 0 heterocycles. The zero-order chi connectivity index (χ0) is 13.2. The fraction of sp³-hybridized carbons (Fsp3) is 0.364. The van der Waals surface area contributed by atoms with Crippen LogP contribution in [0.15, 0.2) is 21.1 Å². The van der Waals surface area contributed by atoms with Crippen molar-refractivity contribution in [2.75, 3.05) is 5.32 Å². The molecule has 6 heteroatoms. The van der Waals surface area contributed by atoms with Gasteiger partial charge in [-0.25, -0.2) is 4.79 Å². The quantitative estimate of drug-likeness (QED) is 0.449. The lowest BCUT2D eigenvalue weighted by atomic mass is 10.2. The molecule has 0 bridgehead atoms. The number of nitrogens with one attached hydrogen (secondary N) is 1. The van der Waals surface area contributed by atoms with Crippen LogP contribution in [0.1, 0.15) is 20.8 Å². The number of rotatable bonds is 1. The maximum absolute atomic E-state index is 11.6. The number of hydrogen-bond acceptors (Lipinski definition) is 2. The van der Waals surface area contributed by atoms with Crippen molar-refractivity contribution in [1.82, 2.24) is 0 Å². The summed E-state index contributed by atoms with van der Waals surface area (Å²) in [5.41, 5.74) is 0.181. The highest BCUT2D eigenvalue weighted by Crippen LogP contribution is 2.30. The maximum atomic E-state index is 11.6. The molecule has 0 fully saturated rings. The fourth-order valence-electron chi connectivity index (χ4n) is 1.05. The van der Waals surface area contributed by atoms with E-state index in [1.807, 2.05) is 32.9 Å². The molecule has 0 aliphatic carbocycles. The minimum Gasteiger partial charge on any atom is -0.444 e. The Hall–Kier alpha value is 0.180. The minimum absolute atomic E-state index is 0.461. The van der Waals surface area contributed by atoms with E-state index >= 15 is 0 Å². The van der Waals surface area contributed by atoms with Gasteiger partial charge >= 0.3 is 6.09 Å². The fourth-order valence-corrected chi connectivity index (χ4v) is 2.55. The third-order valence-electron chi connectivity index (χ3n) is 1.63. The average molecular weight is 477 g/mol. The number of ether oxygens (including phenoxy) is 1. The summed E-state index contributed by atoms with van der Waals surface area (Å²) in [6, 6.07) is 3.66. The molecule has 3 nitrogen and oxygen atoms in total. The highest BCUT2D eigenvalue weighted by molar-refractivity contribution is 14.1. The van der Waals surface area contributed by atoms with E-state index in [2.05, 4.69) is 59.8 Å². The van der Waals surface area contributed by atoms with Gasteiger partial charge in [-0.15, -0.1) is 0 Å². The number of hydrogen-bond donors (Lipinski definition) is 1. The first kappa shape index (κ1) is 15.2. The first-order valence-electron chi connectivity index (χ1n) is 4.83. The van der Waals surface area contributed by atoms with Crippen LogP contribution in [0.25, 0.3) is 0 Å². The molecule has 0 saturated carbocycles. The lowest BCUT2D eigenvalue weighted by Gasteiger charge is -2.19. The molecule has 0 saturated heterocycles. The molecule has 0 radical (unpaired) electrons. The van der Waals surface area contributed by atoms with Crippen molar-refractivity contribution < 1.29 is 9.53 Å². The lowest BCUT2D eigenvalue weighted by Crippen LogP contribution is -2.27. The van der Waals surface area contributed by atoms with Crippen LogP contribution in [0, 0.1) is 3.57 Å². The van der Waals surface area contributed by atoms with Crippen LogP contribution < -0.4 is 5.32 Å². The summed E-state index contributed by atoms with van der Waals surface area (Å²) in [6.07, 6.45) is -0.461. The molecule has 1 aromatic carbocycles. The van der Waals surface area contributed by atoms with Gasteiger partial charge in [0.15, 0.2) is 0 Å². The number of benzene rings is 1. The Kier molecular flexibility index (Phi) is 5.27. The van der Waals surface area contributed by atoms with E-state index in [1.54, 1.807) is 0 Å². The molecular formula is C11H12Br2INO2. The second kappa shape index (κ2) is 5.88. The smallest absolute Gasteiger partial charge is 0.412 e. The van der Waals surface area contributed by atoms with E-state index in [4.69, 9.17) is 4.74 Å². The van der Waals surface area contributed by atoms with Gasteiger partial charge in [-0.05, 0) is 87.4 Å². The molecule has 0 spiro atoms. The molecule has 0 unspecified atom stereocenters. The Labute approximate surface area is 131 Å². The Bertz CT molecular complexity index is 421. The van der Waals surface area contributed by atoms with Crippen LogP contribution >= 0.6 is 54.5 Å². The molecule has 1 rings (SSSR count). The van der Waals surface area contributed by atoms with Crippen molar-refractivity contribution >= 4 is 66.2 Å². The van der Waals surface area contributed by atoms with Crippen LogP contribution in [0.3, 0.4) is 0 Å². The lowest BCUT2D eigenvalue weighted by molar-refractivity contribution is 0.0636. The molecule has 94 valence electrons. The zero-order valence-electron chi connectivity index (χ0n) is 9.61. The Morgan fingerprint density at radius 2 is 1.76 bits per heavy atom. The first-order chi connectivity index (χ1) is 7.69. The molecule has 1 amide bonds. The van der Waals surface area contributed by atoms with Crippen molar-refractivity contribution in [2.24, 2.45) is 0 Å². The van der Waals surface area contributed by atoms with Gasteiger partial charge in [-0.3, -0.25) is 5.32 Å². The van der Waals surface area contributed by atoms with Gasteiger partial charge in [0.25, 0.3) is 0 Å². The normalized spacial score (nSPS) is 11.2. The SMILES string of the molecule is CC(C)(C)OC(=O)Nc1cc(Br)c(I)c(Br)c1. The Morgan fingerprint density at radius 1 is 1.29 bits per heavy atom. The van der Waals surface area contributed by atoms with Crippen LogP contribution in [-0.4, -0.2) is 11.7 Å². The van der Waals surface area contributed by atoms with E-state index in [0.29, 0.717) is 5.69 Å². The van der Waals surface area contributed by atoms with Crippen LogP contribution in [-0.2, 0) is 4.74 Å². The van der Waals surface area contributed by atoms with Crippen molar-refractivity contribution in [3.05, 3.63) is 24.6 Å². The summed E-state index contributed by atoms with van der Waals surface area (Å²) in [6.45, 7) is 5.48. The summed E-state index contributed by atoms with van der Waals surface area (Å²) < 4.78 is 8.05. The van der Waals surface area contributed by atoms with E-state index in [9.17, 15) is 4.79 Å². The third kappa shape index (κ3) is 5.13. The second-order valence-corrected chi connectivity index (χ2v) is 7.17. The predicted molar refractivity (Wildman–Crippen MR) is 84.4 cm³/mol. The van der Waals surface area contributed by atoms with Gasteiger partial charge < -0.3 is 4.74 Å². The van der Waals surface area contributed by atoms with Gasteiger partial charge in [-0.1, -0.05) is 0 Å². The summed E-state index contributed by atoms with van der Waals surface area (Å²) in [5.74, 6) is 0. The molecule has 1 aromatic rings. The first-order valence-corrected chi connectivity index (χ1v) is 7.50. The van der Waals surface area contributed by atoms with Gasteiger partial charge in [-0.2, -0.15) is 0 Å². The number of carbonyl (C=O) groups excluding carboxylic acids is 1. The van der Waals surface area contributed by atoms with E-state index in [1.165, 1.54) is 0 Å². The number of halogens is 3. The van der Waals surface area contributed by atoms with Gasteiger partial charge in [0, 0.05) is 18.2 Å². The van der Waals surface area contributed by atoms with Crippen molar-refractivity contribution in [1.29, 1.82) is 0 Å². The molecule has 0 aliphatic rings. The summed E-state index contributed by atoms with van der Waals surface area (Å²) in [5, 5.41) is 2.68. The molecule has 0 aromatic heterocycles. The number of amides is 1. The third-order valence-corrected chi connectivity index (χ3v) is 5.52. The number of anilines is 1. The highest BCUT2D eigenvalue weighted by Gasteiger charge is 2.16. The largest absolute Gasteiger partial charge is 0.444 e. The van der Waals surface area contributed by atoms with Gasteiger partial charge in [0.2, 0.25) is 0 Å². The monoisotopic (exact) mass is 475 g/mol. The summed E-state index contributed by atoms with van der Waals surface area (Å²) in [4.78, 5) is 11.6. The van der Waals surface area contributed by atoms with Crippen molar-refractivity contribution in [3.8, 4) is 0 Å². The molecular weight excluding hydrogens is 465 g/mol. The summed E-state index contributed by atoms with van der Waals surface area (Å²) in [7, 11) is 0. The van der Waals surface area contributed by atoms with Crippen LogP contribution in [0.5, 0.6) is 0 Å². The van der Waals surface area contributed by atoms with E-state index in [0.717, 1.165) is 12.5 Å². The maximum Gasteiger partial charge on any atom is 0.412 e. The summed E-state index contributed by atoms with van der Waals surface area (Å²) >= 11 is 9.04. The van der Waals surface area contributed by atoms with E-state index in [-0.39, 0.29) is 0 Å². The topological polar surface area (TPSA) is 38.3 Å². The average Bonchev–Trinajstić information content (AvgIpc) is 2.10. The molecule has 0 atom stereocenters. The molecule has 0 aliphatic heterocycles. The van der Waals surface area contributed by atoms with Crippen molar-refractivity contribution in [2.45, 2.75) is 26.4 Å². The van der Waals surface area contributed by atoms with Gasteiger partial charge in [0.05, 0.1) is 0 Å². The van der Waals surface area contributed by atoms with Crippen LogP contribution in [0.4, 0.5) is 10.5 Å². The number of carbonyl (C=O) groups is 1. The Morgan fingerprint density at radius 3 is 2.18 bits per heavy atom. The van der Waals surface area contributed by atoms with E-state index < -0.39 is 11.7 Å². The molecule has 17 heavy (non-hydrogen) atoms. The predicted octanol–water partition coefficient (Wildman–Crippen LogP) is 5.16. The van der Waals surface area contributed by atoms with Crippen molar-refractivity contribution in [3.63, 3.8) is 0 Å². The van der Waals surface area contributed by atoms with Crippen LogP contribution in [0.2, 0.25) is 0 Å². The Balaban J connectivity index is 2.79. The van der Waals surface area contributed by atoms with Gasteiger partial charge in [0.1, 0.15) is 5.60 Å². The molecule has 1 N–H and O–H groups in total.